The summed E-state index contributed by atoms with van der Waals surface area (Å²) < 4.78 is 5.14. The van der Waals surface area contributed by atoms with Crippen molar-refractivity contribution in [1.82, 2.24) is 4.90 Å². The standard InChI is InChI=1S/C24H25N3O3/c1-30-19-13-11-18(12-14-19)25-24(29)22-10-5-15-27(22)16-23(28)26-21-9-4-7-17-6-2-3-8-20(17)21/h2-4,6-9,11-14,22H,5,10,15-16H2,1H3,(H,25,29)(H,26,28). The zero-order chi connectivity index (χ0) is 20.9. The minimum Gasteiger partial charge on any atom is -0.497 e. The first-order chi connectivity index (χ1) is 14.6. The molecule has 0 aliphatic carbocycles. The van der Waals surface area contributed by atoms with E-state index in [0.29, 0.717) is 5.69 Å². The highest BCUT2D eigenvalue weighted by Gasteiger charge is 2.32. The minimum absolute atomic E-state index is 0.0874. The maximum atomic E-state index is 12.8. The molecule has 2 N–H and O–H groups in total. The highest BCUT2D eigenvalue weighted by atomic mass is 16.5. The first-order valence-corrected chi connectivity index (χ1v) is 10.1. The highest BCUT2D eigenvalue weighted by molar-refractivity contribution is 6.03. The van der Waals surface area contributed by atoms with Crippen LogP contribution in [0.3, 0.4) is 0 Å². The Morgan fingerprint density at radius 2 is 1.77 bits per heavy atom. The second-order valence-corrected chi connectivity index (χ2v) is 7.42. The summed E-state index contributed by atoms with van der Waals surface area (Å²) in [6.45, 7) is 0.910. The van der Waals surface area contributed by atoms with Crippen molar-refractivity contribution >= 4 is 34.0 Å². The average molecular weight is 403 g/mol. The number of benzene rings is 3. The van der Waals surface area contributed by atoms with E-state index in [9.17, 15) is 9.59 Å². The van der Waals surface area contributed by atoms with Gasteiger partial charge in [-0.25, -0.2) is 0 Å². The van der Waals surface area contributed by atoms with Crippen LogP contribution in [0.1, 0.15) is 12.8 Å². The fourth-order valence-corrected chi connectivity index (χ4v) is 3.92. The Hall–Kier alpha value is -3.38. The molecule has 3 aromatic carbocycles. The number of fused-ring (bicyclic) bond motifs is 1. The number of carbonyl (C=O) groups excluding carboxylic acids is 2. The lowest BCUT2D eigenvalue weighted by Crippen LogP contribution is -2.43. The van der Waals surface area contributed by atoms with Gasteiger partial charge in [-0.15, -0.1) is 0 Å². The second kappa shape index (κ2) is 8.97. The largest absolute Gasteiger partial charge is 0.497 e. The monoisotopic (exact) mass is 403 g/mol. The predicted octanol–water partition coefficient (Wildman–Crippen LogP) is 3.89. The topological polar surface area (TPSA) is 70.7 Å². The Morgan fingerprint density at radius 1 is 1.00 bits per heavy atom. The van der Waals surface area contributed by atoms with Crippen LogP contribution >= 0.6 is 0 Å². The Balaban J connectivity index is 1.39. The smallest absolute Gasteiger partial charge is 0.241 e. The number of anilines is 2. The molecular formula is C24H25N3O3. The van der Waals surface area contributed by atoms with Crippen molar-refractivity contribution in [3.05, 3.63) is 66.7 Å². The summed E-state index contributed by atoms with van der Waals surface area (Å²) in [5.41, 5.74) is 1.50. The lowest BCUT2D eigenvalue weighted by Gasteiger charge is -2.23. The number of likely N-dealkylation sites (tertiary alicyclic amines) is 1. The van der Waals surface area contributed by atoms with Crippen molar-refractivity contribution in [2.75, 3.05) is 30.8 Å². The Labute approximate surface area is 175 Å². The summed E-state index contributed by atoms with van der Waals surface area (Å²) in [5.74, 6) is 0.534. The molecule has 154 valence electrons. The molecule has 0 saturated carbocycles. The maximum Gasteiger partial charge on any atom is 0.241 e. The number of nitrogens with one attached hydrogen (secondary N) is 2. The van der Waals surface area contributed by atoms with Gasteiger partial charge in [-0.2, -0.15) is 0 Å². The molecule has 0 radical (unpaired) electrons. The van der Waals surface area contributed by atoms with Crippen LogP contribution in [0.4, 0.5) is 11.4 Å². The molecule has 0 aromatic heterocycles. The van der Waals surface area contributed by atoms with Crippen LogP contribution in [0.15, 0.2) is 66.7 Å². The van der Waals surface area contributed by atoms with Crippen LogP contribution in [-0.4, -0.2) is 43.0 Å². The van der Waals surface area contributed by atoms with E-state index in [1.54, 1.807) is 19.2 Å². The van der Waals surface area contributed by atoms with Crippen LogP contribution in [0.5, 0.6) is 5.75 Å². The first kappa shape index (κ1) is 19.9. The number of rotatable bonds is 6. The lowest BCUT2D eigenvalue weighted by molar-refractivity contribution is -0.122. The SMILES string of the molecule is COc1ccc(NC(=O)C2CCCN2CC(=O)Nc2cccc3ccccc23)cc1. The second-order valence-electron chi connectivity index (χ2n) is 7.42. The summed E-state index contributed by atoms with van der Waals surface area (Å²) in [7, 11) is 1.60. The molecule has 1 heterocycles. The van der Waals surface area contributed by atoms with E-state index in [0.717, 1.165) is 41.6 Å². The minimum atomic E-state index is -0.314. The lowest BCUT2D eigenvalue weighted by atomic mass is 10.1. The van der Waals surface area contributed by atoms with E-state index in [4.69, 9.17) is 4.74 Å². The number of hydrogen-bond acceptors (Lipinski definition) is 4. The van der Waals surface area contributed by atoms with Crippen LogP contribution in [0.25, 0.3) is 10.8 Å². The Morgan fingerprint density at radius 3 is 2.57 bits per heavy atom. The van der Waals surface area contributed by atoms with Gasteiger partial charge in [0.1, 0.15) is 5.75 Å². The van der Waals surface area contributed by atoms with Gasteiger partial charge in [-0.1, -0.05) is 36.4 Å². The maximum absolute atomic E-state index is 12.8. The molecule has 1 fully saturated rings. The van der Waals surface area contributed by atoms with Crippen molar-refractivity contribution in [3.8, 4) is 5.75 Å². The molecule has 6 nitrogen and oxygen atoms in total. The molecule has 1 atom stereocenters. The fourth-order valence-electron chi connectivity index (χ4n) is 3.92. The van der Waals surface area contributed by atoms with Crippen LogP contribution in [0.2, 0.25) is 0 Å². The first-order valence-electron chi connectivity index (χ1n) is 10.1. The Kier molecular flexibility index (Phi) is 5.95. The number of amides is 2. The molecule has 4 rings (SSSR count). The van der Waals surface area contributed by atoms with E-state index in [-0.39, 0.29) is 24.4 Å². The van der Waals surface area contributed by atoms with E-state index >= 15 is 0 Å². The van der Waals surface area contributed by atoms with Gasteiger partial charge < -0.3 is 15.4 Å². The van der Waals surface area contributed by atoms with Gasteiger partial charge in [-0.05, 0) is 55.1 Å². The molecule has 1 saturated heterocycles. The molecule has 0 spiro atoms. The fraction of sp³-hybridized carbons (Fsp3) is 0.250. The molecule has 0 bridgehead atoms. The molecule has 1 aliphatic rings. The van der Waals surface area contributed by atoms with Crippen molar-refractivity contribution in [2.24, 2.45) is 0 Å². The summed E-state index contributed by atoms with van der Waals surface area (Å²) >= 11 is 0. The van der Waals surface area contributed by atoms with Crippen molar-refractivity contribution in [1.29, 1.82) is 0 Å². The van der Waals surface area contributed by atoms with E-state index in [2.05, 4.69) is 10.6 Å². The third kappa shape index (κ3) is 4.44. The van der Waals surface area contributed by atoms with Gasteiger partial charge in [-0.3, -0.25) is 14.5 Å². The molecular weight excluding hydrogens is 378 g/mol. The van der Waals surface area contributed by atoms with E-state index in [1.807, 2.05) is 59.5 Å². The number of nitrogens with zero attached hydrogens (tertiary/aromatic N) is 1. The van der Waals surface area contributed by atoms with Gasteiger partial charge in [0, 0.05) is 16.8 Å². The summed E-state index contributed by atoms with van der Waals surface area (Å²) in [4.78, 5) is 27.4. The molecule has 1 aliphatic heterocycles. The normalized spacial score (nSPS) is 16.4. The number of hydrogen-bond donors (Lipinski definition) is 2. The third-order valence-corrected chi connectivity index (χ3v) is 5.43. The number of carbonyl (C=O) groups is 2. The van der Waals surface area contributed by atoms with E-state index < -0.39 is 0 Å². The highest BCUT2D eigenvalue weighted by Crippen LogP contribution is 2.24. The quantitative estimate of drug-likeness (QED) is 0.655. The van der Waals surface area contributed by atoms with Crippen molar-refractivity contribution in [3.63, 3.8) is 0 Å². The van der Waals surface area contributed by atoms with Gasteiger partial charge in [0.15, 0.2) is 0 Å². The summed E-state index contributed by atoms with van der Waals surface area (Å²) in [6.07, 6.45) is 1.63. The van der Waals surface area contributed by atoms with Gasteiger partial charge >= 0.3 is 0 Å². The molecule has 1 unspecified atom stereocenters. The van der Waals surface area contributed by atoms with Gasteiger partial charge in [0.2, 0.25) is 11.8 Å². The predicted molar refractivity (Wildman–Crippen MR) is 119 cm³/mol. The molecule has 30 heavy (non-hydrogen) atoms. The Bertz CT molecular complexity index is 1040. The van der Waals surface area contributed by atoms with Crippen LogP contribution in [0, 0.1) is 0 Å². The zero-order valence-corrected chi connectivity index (χ0v) is 16.9. The van der Waals surface area contributed by atoms with Crippen molar-refractivity contribution < 1.29 is 14.3 Å². The van der Waals surface area contributed by atoms with Crippen molar-refractivity contribution in [2.45, 2.75) is 18.9 Å². The third-order valence-electron chi connectivity index (χ3n) is 5.43. The van der Waals surface area contributed by atoms with Gasteiger partial charge in [0.25, 0.3) is 0 Å². The van der Waals surface area contributed by atoms with Crippen LogP contribution < -0.4 is 15.4 Å². The summed E-state index contributed by atoms with van der Waals surface area (Å²) in [5, 5.41) is 8.03. The molecule has 6 heteroatoms. The average Bonchev–Trinajstić information content (AvgIpc) is 3.22. The molecule has 3 aromatic rings. The number of ether oxygens (including phenoxy) is 1. The van der Waals surface area contributed by atoms with E-state index in [1.165, 1.54) is 0 Å². The zero-order valence-electron chi connectivity index (χ0n) is 16.9. The number of methoxy groups -OCH3 is 1. The van der Waals surface area contributed by atoms with Gasteiger partial charge in [0.05, 0.1) is 19.7 Å². The van der Waals surface area contributed by atoms with Crippen LogP contribution in [-0.2, 0) is 9.59 Å². The molecule has 2 amide bonds. The summed E-state index contributed by atoms with van der Waals surface area (Å²) in [6, 6.07) is 20.7.